The number of aromatic nitrogens is 2. The molecule has 3 rings (SSSR count). The molecule has 94 valence electrons. The molecule has 3 nitrogen and oxygen atoms in total. The highest BCUT2D eigenvalue weighted by atomic mass is 35.5. The lowest BCUT2D eigenvalue weighted by Gasteiger charge is -2.05. The van der Waals surface area contributed by atoms with E-state index >= 15 is 0 Å². The Morgan fingerprint density at radius 2 is 2.11 bits per heavy atom. The Balaban J connectivity index is 2.35. The first-order valence-corrected chi connectivity index (χ1v) is 6.27. The van der Waals surface area contributed by atoms with Gasteiger partial charge in [0.1, 0.15) is 5.15 Å². The molecular weight excluding hydrogens is 260 g/mol. The molecule has 1 aromatic carbocycles. The fourth-order valence-corrected chi connectivity index (χ4v) is 2.39. The van der Waals surface area contributed by atoms with Crippen LogP contribution < -0.4 is 5.43 Å². The van der Waals surface area contributed by atoms with E-state index in [1.807, 2.05) is 31.2 Å². The van der Waals surface area contributed by atoms with Crippen LogP contribution in [0, 0.1) is 6.92 Å². The summed E-state index contributed by atoms with van der Waals surface area (Å²) >= 11 is 6.02. The normalized spacial score (nSPS) is 10.8. The molecule has 19 heavy (non-hydrogen) atoms. The highest BCUT2D eigenvalue weighted by Gasteiger charge is 2.10. The minimum Gasteiger partial charge on any atom is -0.360 e. The Hall–Kier alpha value is -2.13. The molecule has 0 radical (unpaired) electrons. The predicted molar refractivity (Wildman–Crippen MR) is 77.5 cm³/mol. The topological polar surface area (TPSA) is 45.8 Å². The number of hydrogen-bond acceptors (Lipinski definition) is 2. The Morgan fingerprint density at radius 3 is 2.89 bits per heavy atom. The fourth-order valence-electron chi connectivity index (χ4n) is 2.15. The lowest BCUT2D eigenvalue weighted by atomic mass is 10.0. The summed E-state index contributed by atoms with van der Waals surface area (Å²) in [4.78, 5) is 19.6. The Morgan fingerprint density at radius 1 is 1.26 bits per heavy atom. The number of pyridine rings is 2. The molecule has 4 heteroatoms. The van der Waals surface area contributed by atoms with Gasteiger partial charge in [-0.1, -0.05) is 41.4 Å². The number of hydrogen-bond donors (Lipinski definition) is 1. The Labute approximate surface area is 114 Å². The average molecular weight is 271 g/mol. The van der Waals surface area contributed by atoms with Crippen LogP contribution >= 0.6 is 11.6 Å². The second kappa shape index (κ2) is 4.52. The summed E-state index contributed by atoms with van der Waals surface area (Å²) in [6, 6.07) is 9.55. The van der Waals surface area contributed by atoms with Crippen LogP contribution in [0.25, 0.3) is 22.0 Å². The minimum atomic E-state index is -0.0996. The van der Waals surface area contributed by atoms with E-state index < -0.39 is 0 Å². The number of fused-ring (bicyclic) bond motifs is 1. The molecule has 2 heterocycles. The summed E-state index contributed by atoms with van der Waals surface area (Å²) < 4.78 is 0. The zero-order valence-electron chi connectivity index (χ0n) is 10.3. The molecule has 1 N–H and O–H groups in total. The van der Waals surface area contributed by atoms with Gasteiger partial charge in [-0.3, -0.25) is 4.79 Å². The van der Waals surface area contributed by atoms with Gasteiger partial charge in [0, 0.05) is 18.0 Å². The van der Waals surface area contributed by atoms with Crippen molar-refractivity contribution in [3.63, 3.8) is 0 Å². The number of halogens is 1. The lowest BCUT2D eigenvalue weighted by Crippen LogP contribution is -2.07. The van der Waals surface area contributed by atoms with E-state index in [0.29, 0.717) is 16.5 Å². The van der Waals surface area contributed by atoms with Gasteiger partial charge in [0.25, 0.3) is 0 Å². The number of aromatic amines is 1. The quantitative estimate of drug-likeness (QED) is 0.687. The number of benzene rings is 1. The zero-order valence-corrected chi connectivity index (χ0v) is 11.0. The number of H-pyrrole nitrogens is 1. The third kappa shape index (κ3) is 2.02. The first kappa shape index (κ1) is 11.9. The molecule has 0 unspecified atom stereocenters. The van der Waals surface area contributed by atoms with Crippen molar-refractivity contribution >= 4 is 22.5 Å². The smallest absolute Gasteiger partial charge is 0.200 e. The monoisotopic (exact) mass is 270 g/mol. The Kier molecular flexibility index (Phi) is 2.84. The van der Waals surface area contributed by atoms with E-state index in [2.05, 4.69) is 9.97 Å². The lowest BCUT2D eigenvalue weighted by molar-refractivity contribution is 1.31. The van der Waals surface area contributed by atoms with Gasteiger partial charge < -0.3 is 4.98 Å². The van der Waals surface area contributed by atoms with Gasteiger partial charge in [-0.05, 0) is 18.6 Å². The summed E-state index contributed by atoms with van der Waals surface area (Å²) in [5.74, 6) is 0. The van der Waals surface area contributed by atoms with Gasteiger partial charge >= 0.3 is 0 Å². The minimum absolute atomic E-state index is 0.0996. The van der Waals surface area contributed by atoms with Crippen molar-refractivity contribution < 1.29 is 0 Å². The third-order valence-corrected chi connectivity index (χ3v) is 3.36. The van der Waals surface area contributed by atoms with Crippen molar-refractivity contribution in [2.75, 3.05) is 0 Å². The SMILES string of the molecule is Cc1cccc(-c2c[nH]c3ccnc(Cl)c3c2=O)c1. The zero-order chi connectivity index (χ0) is 13.4. The van der Waals surface area contributed by atoms with Crippen molar-refractivity contribution in [1.29, 1.82) is 0 Å². The van der Waals surface area contributed by atoms with Gasteiger partial charge in [0.15, 0.2) is 5.43 Å². The first-order chi connectivity index (χ1) is 9.16. The van der Waals surface area contributed by atoms with Crippen LogP contribution in [-0.4, -0.2) is 9.97 Å². The number of aryl methyl sites for hydroxylation is 1. The summed E-state index contributed by atoms with van der Waals surface area (Å²) in [5, 5.41) is 0.663. The molecule has 0 amide bonds. The Bertz CT molecular complexity index is 824. The molecule has 0 saturated carbocycles. The molecule has 0 atom stereocenters. The maximum Gasteiger partial charge on any atom is 0.200 e. The van der Waals surface area contributed by atoms with E-state index in [1.54, 1.807) is 18.5 Å². The molecular formula is C15H11ClN2O. The van der Waals surface area contributed by atoms with E-state index in [0.717, 1.165) is 11.1 Å². The summed E-state index contributed by atoms with van der Waals surface area (Å²) in [6.45, 7) is 1.99. The van der Waals surface area contributed by atoms with Crippen LogP contribution in [0.4, 0.5) is 0 Å². The van der Waals surface area contributed by atoms with E-state index in [1.165, 1.54) is 0 Å². The van der Waals surface area contributed by atoms with Gasteiger partial charge in [0.05, 0.1) is 10.9 Å². The number of rotatable bonds is 1. The van der Waals surface area contributed by atoms with Crippen molar-refractivity contribution in [3.8, 4) is 11.1 Å². The predicted octanol–water partition coefficient (Wildman–Crippen LogP) is 3.55. The van der Waals surface area contributed by atoms with E-state index in [9.17, 15) is 4.79 Å². The highest BCUT2D eigenvalue weighted by molar-refractivity contribution is 6.34. The summed E-state index contributed by atoms with van der Waals surface area (Å²) in [7, 11) is 0. The molecule has 0 saturated heterocycles. The average Bonchev–Trinajstić information content (AvgIpc) is 2.39. The molecule has 0 aliphatic heterocycles. The van der Waals surface area contributed by atoms with Crippen molar-refractivity contribution in [1.82, 2.24) is 9.97 Å². The van der Waals surface area contributed by atoms with Gasteiger partial charge in [-0.25, -0.2) is 4.98 Å². The fraction of sp³-hybridized carbons (Fsp3) is 0.0667. The first-order valence-electron chi connectivity index (χ1n) is 5.90. The second-order valence-corrected chi connectivity index (χ2v) is 4.78. The van der Waals surface area contributed by atoms with Crippen molar-refractivity contribution in [2.45, 2.75) is 6.92 Å². The number of nitrogens with one attached hydrogen (secondary N) is 1. The van der Waals surface area contributed by atoms with Crippen LogP contribution in [-0.2, 0) is 0 Å². The maximum absolute atomic E-state index is 12.5. The molecule has 3 aromatic rings. The summed E-state index contributed by atoms with van der Waals surface area (Å²) in [5.41, 5.74) is 3.18. The maximum atomic E-state index is 12.5. The largest absolute Gasteiger partial charge is 0.360 e. The van der Waals surface area contributed by atoms with Gasteiger partial charge in [0.2, 0.25) is 0 Å². The molecule has 0 fully saturated rings. The molecule has 0 aliphatic carbocycles. The number of nitrogens with zero attached hydrogens (tertiary/aromatic N) is 1. The third-order valence-electron chi connectivity index (χ3n) is 3.08. The summed E-state index contributed by atoms with van der Waals surface area (Å²) in [6.07, 6.45) is 3.29. The van der Waals surface area contributed by atoms with Crippen LogP contribution in [0.1, 0.15) is 5.56 Å². The molecule has 2 aromatic heterocycles. The van der Waals surface area contributed by atoms with Gasteiger partial charge in [-0.15, -0.1) is 0 Å². The van der Waals surface area contributed by atoms with Crippen LogP contribution in [0.3, 0.4) is 0 Å². The molecule has 0 aliphatic rings. The highest BCUT2D eigenvalue weighted by Crippen LogP contribution is 2.21. The van der Waals surface area contributed by atoms with Crippen molar-refractivity contribution in [3.05, 3.63) is 63.7 Å². The molecule has 0 spiro atoms. The van der Waals surface area contributed by atoms with Crippen molar-refractivity contribution in [2.24, 2.45) is 0 Å². The standard InChI is InChI=1S/C15H11ClN2O/c1-9-3-2-4-10(7-9)11-8-18-12-5-6-17-15(16)13(12)14(11)19/h2-8H,1H3,(H,18,19). The van der Waals surface area contributed by atoms with Crippen LogP contribution in [0.15, 0.2) is 47.5 Å². The van der Waals surface area contributed by atoms with Crippen LogP contribution in [0.5, 0.6) is 0 Å². The van der Waals surface area contributed by atoms with E-state index in [4.69, 9.17) is 11.6 Å². The van der Waals surface area contributed by atoms with Crippen LogP contribution in [0.2, 0.25) is 5.15 Å². The second-order valence-electron chi connectivity index (χ2n) is 4.43. The van der Waals surface area contributed by atoms with Gasteiger partial charge in [-0.2, -0.15) is 0 Å². The molecule has 0 bridgehead atoms. The van der Waals surface area contributed by atoms with E-state index in [-0.39, 0.29) is 10.6 Å².